The molecule has 1 heterocycles. The summed E-state index contributed by atoms with van der Waals surface area (Å²) in [5.74, 6) is 1.01. The number of carbonyl (C=O) groups excluding carboxylic acids is 2. The van der Waals surface area contributed by atoms with Crippen LogP contribution in [0.25, 0.3) is 0 Å². The largest absolute Gasteiger partial charge is 0.486 e. The van der Waals surface area contributed by atoms with Crippen LogP contribution in [0, 0.1) is 13.8 Å². The lowest BCUT2D eigenvalue weighted by atomic mass is 10.1. The first kappa shape index (κ1) is 18.8. The number of ether oxygens (including phenoxy) is 2. The number of fused-ring (bicyclic) bond motifs is 1. The summed E-state index contributed by atoms with van der Waals surface area (Å²) in [6, 6.07) is 11.3. The monoisotopic (exact) mass is 368 g/mol. The van der Waals surface area contributed by atoms with Crippen LogP contribution in [0.4, 0.5) is 11.4 Å². The molecule has 1 aliphatic heterocycles. The number of anilines is 2. The van der Waals surface area contributed by atoms with Gasteiger partial charge in [-0.3, -0.25) is 9.59 Å². The molecule has 0 fully saturated rings. The minimum absolute atomic E-state index is 0.133. The van der Waals surface area contributed by atoms with Crippen LogP contribution in [0.1, 0.15) is 24.5 Å². The number of rotatable bonds is 5. The number of carbonyl (C=O) groups is 2. The molecule has 0 aliphatic carbocycles. The zero-order chi connectivity index (χ0) is 19.4. The van der Waals surface area contributed by atoms with Gasteiger partial charge in [-0.05, 0) is 49.2 Å². The molecule has 1 N–H and O–H groups in total. The number of nitrogens with one attached hydrogen (secondary N) is 1. The van der Waals surface area contributed by atoms with Crippen LogP contribution in [0.15, 0.2) is 36.4 Å². The molecule has 27 heavy (non-hydrogen) atoms. The van der Waals surface area contributed by atoms with Gasteiger partial charge in [0, 0.05) is 37.3 Å². The highest BCUT2D eigenvalue weighted by atomic mass is 16.6. The Kier molecular flexibility index (Phi) is 5.64. The zero-order valence-electron chi connectivity index (χ0n) is 15.9. The van der Waals surface area contributed by atoms with Crippen LogP contribution in [0.2, 0.25) is 0 Å². The highest BCUT2D eigenvalue weighted by Crippen LogP contribution is 2.34. The Morgan fingerprint density at radius 1 is 1.00 bits per heavy atom. The Bertz CT molecular complexity index is 843. The van der Waals surface area contributed by atoms with E-state index >= 15 is 0 Å². The third kappa shape index (κ3) is 4.78. The second kappa shape index (κ2) is 8.12. The number of amides is 2. The number of hydrogen-bond acceptors (Lipinski definition) is 4. The van der Waals surface area contributed by atoms with Gasteiger partial charge >= 0.3 is 0 Å². The highest BCUT2D eigenvalue weighted by molar-refractivity contribution is 5.95. The molecule has 0 unspecified atom stereocenters. The van der Waals surface area contributed by atoms with Crippen molar-refractivity contribution in [2.75, 3.05) is 30.0 Å². The predicted octanol–water partition coefficient (Wildman–Crippen LogP) is 3.46. The van der Waals surface area contributed by atoms with E-state index < -0.39 is 0 Å². The molecule has 6 heteroatoms. The van der Waals surface area contributed by atoms with Crippen LogP contribution in [0.3, 0.4) is 0 Å². The Hall–Kier alpha value is -3.02. The molecule has 0 aromatic heterocycles. The van der Waals surface area contributed by atoms with Crippen molar-refractivity contribution in [3.63, 3.8) is 0 Å². The van der Waals surface area contributed by atoms with Crippen LogP contribution in [-0.4, -0.2) is 31.6 Å². The normalized spacial score (nSPS) is 12.4. The highest BCUT2D eigenvalue weighted by Gasteiger charge is 2.18. The first-order valence-corrected chi connectivity index (χ1v) is 8.98. The molecule has 0 saturated heterocycles. The molecule has 0 saturated carbocycles. The van der Waals surface area contributed by atoms with Crippen molar-refractivity contribution in [3.8, 4) is 11.5 Å². The number of hydrogen-bond donors (Lipinski definition) is 1. The smallest absolute Gasteiger partial charge is 0.226 e. The lowest BCUT2D eigenvalue weighted by molar-refractivity contribution is -0.117. The molecule has 2 aromatic carbocycles. The van der Waals surface area contributed by atoms with E-state index in [1.54, 1.807) is 23.1 Å². The van der Waals surface area contributed by atoms with Gasteiger partial charge in [0.1, 0.15) is 13.2 Å². The van der Waals surface area contributed by atoms with Crippen molar-refractivity contribution in [1.82, 2.24) is 0 Å². The molecule has 1 aliphatic rings. The van der Waals surface area contributed by atoms with Gasteiger partial charge in [0.05, 0.1) is 0 Å². The molecule has 3 rings (SSSR count). The molecule has 0 bridgehead atoms. The van der Waals surface area contributed by atoms with Crippen LogP contribution >= 0.6 is 0 Å². The maximum absolute atomic E-state index is 12.3. The van der Waals surface area contributed by atoms with Crippen molar-refractivity contribution < 1.29 is 19.1 Å². The van der Waals surface area contributed by atoms with Crippen molar-refractivity contribution in [1.29, 1.82) is 0 Å². The van der Waals surface area contributed by atoms with Gasteiger partial charge in [0.2, 0.25) is 11.8 Å². The molecule has 6 nitrogen and oxygen atoms in total. The van der Waals surface area contributed by atoms with E-state index in [-0.39, 0.29) is 24.8 Å². The lowest BCUT2D eigenvalue weighted by Crippen LogP contribution is -2.32. The summed E-state index contributed by atoms with van der Waals surface area (Å²) in [5, 5.41) is 2.90. The fourth-order valence-electron chi connectivity index (χ4n) is 3.15. The van der Waals surface area contributed by atoms with Gasteiger partial charge in [0.25, 0.3) is 0 Å². The average molecular weight is 368 g/mol. The van der Waals surface area contributed by atoms with Crippen molar-refractivity contribution in [2.45, 2.75) is 27.2 Å². The minimum Gasteiger partial charge on any atom is -0.486 e. The topological polar surface area (TPSA) is 67.9 Å². The summed E-state index contributed by atoms with van der Waals surface area (Å²) in [6.45, 7) is 6.74. The molecular weight excluding hydrogens is 344 g/mol. The quantitative estimate of drug-likeness (QED) is 0.878. The lowest BCUT2D eigenvalue weighted by Gasteiger charge is -2.24. The number of benzene rings is 2. The molecule has 0 atom stereocenters. The molecule has 0 radical (unpaired) electrons. The summed E-state index contributed by atoms with van der Waals surface area (Å²) in [5.41, 5.74) is 3.64. The van der Waals surface area contributed by atoms with Gasteiger partial charge in [-0.25, -0.2) is 0 Å². The zero-order valence-corrected chi connectivity index (χ0v) is 15.9. The van der Waals surface area contributed by atoms with E-state index in [0.717, 1.165) is 16.8 Å². The van der Waals surface area contributed by atoms with E-state index in [0.29, 0.717) is 30.4 Å². The fraction of sp³-hybridized carbons (Fsp3) is 0.333. The standard InChI is InChI=1S/C21H24N2O4/c1-14-10-15(2)12-17(11-14)22-21(25)6-7-23(16(3)24)18-4-5-19-20(13-18)27-9-8-26-19/h4-5,10-13H,6-9H2,1-3H3,(H,22,25). The fourth-order valence-corrected chi connectivity index (χ4v) is 3.15. The molecule has 2 aromatic rings. The van der Waals surface area contributed by atoms with Crippen LogP contribution in [-0.2, 0) is 9.59 Å². The third-order valence-electron chi connectivity index (χ3n) is 4.29. The van der Waals surface area contributed by atoms with Gasteiger partial charge in [-0.15, -0.1) is 0 Å². The van der Waals surface area contributed by atoms with Gasteiger partial charge in [-0.1, -0.05) is 6.07 Å². The van der Waals surface area contributed by atoms with Gasteiger partial charge in [0.15, 0.2) is 11.5 Å². The van der Waals surface area contributed by atoms with Crippen LogP contribution in [0.5, 0.6) is 11.5 Å². The number of aryl methyl sites for hydroxylation is 2. The Morgan fingerprint density at radius 2 is 1.67 bits per heavy atom. The second-order valence-corrected chi connectivity index (χ2v) is 6.67. The summed E-state index contributed by atoms with van der Waals surface area (Å²) < 4.78 is 11.1. The molecule has 142 valence electrons. The van der Waals surface area contributed by atoms with Crippen molar-refractivity contribution in [2.24, 2.45) is 0 Å². The van der Waals surface area contributed by atoms with Gasteiger partial charge < -0.3 is 19.7 Å². The Labute approximate surface area is 159 Å². The van der Waals surface area contributed by atoms with Gasteiger partial charge in [-0.2, -0.15) is 0 Å². The molecular formula is C21H24N2O4. The van der Waals surface area contributed by atoms with Crippen molar-refractivity contribution in [3.05, 3.63) is 47.5 Å². The SMILES string of the molecule is CC(=O)N(CCC(=O)Nc1cc(C)cc(C)c1)c1ccc2c(c1)OCCO2. The predicted molar refractivity (Wildman–Crippen MR) is 105 cm³/mol. The van der Waals surface area contributed by atoms with Crippen molar-refractivity contribution >= 4 is 23.2 Å². The summed E-state index contributed by atoms with van der Waals surface area (Å²) in [7, 11) is 0. The minimum atomic E-state index is -0.135. The first-order valence-electron chi connectivity index (χ1n) is 8.98. The molecule has 2 amide bonds. The first-order chi connectivity index (χ1) is 12.9. The van der Waals surface area contributed by atoms with Crippen LogP contribution < -0.4 is 19.7 Å². The Balaban J connectivity index is 1.66. The maximum Gasteiger partial charge on any atom is 0.226 e. The molecule has 0 spiro atoms. The van der Waals surface area contributed by atoms with E-state index in [1.165, 1.54) is 6.92 Å². The summed E-state index contributed by atoms with van der Waals surface area (Å²) >= 11 is 0. The summed E-state index contributed by atoms with van der Waals surface area (Å²) in [6.07, 6.45) is 0.195. The second-order valence-electron chi connectivity index (χ2n) is 6.67. The maximum atomic E-state index is 12.3. The average Bonchev–Trinajstić information content (AvgIpc) is 2.60. The van der Waals surface area contributed by atoms with E-state index in [1.807, 2.05) is 26.0 Å². The number of nitrogens with zero attached hydrogens (tertiary/aromatic N) is 1. The van der Waals surface area contributed by atoms with E-state index in [4.69, 9.17) is 9.47 Å². The van der Waals surface area contributed by atoms with E-state index in [2.05, 4.69) is 11.4 Å². The summed E-state index contributed by atoms with van der Waals surface area (Å²) in [4.78, 5) is 26.0. The Morgan fingerprint density at radius 3 is 2.33 bits per heavy atom. The third-order valence-corrected chi connectivity index (χ3v) is 4.29. The van der Waals surface area contributed by atoms with E-state index in [9.17, 15) is 9.59 Å².